The molecule has 3 nitrogen and oxygen atoms in total. The third-order valence-corrected chi connectivity index (χ3v) is 5.29. The maximum absolute atomic E-state index is 10.6. The van der Waals surface area contributed by atoms with E-state index >= 15 is 0 Å². The van der Waals surface area contributed by atoms with Crippen LogP contribution in [0.1, 0.15) is 69.5 Å². The molecule has 0 aliphatic carbocycles. The summed E-state index contributed by atoms with van der Waals surface area (Å²) < 4.78 is 5.78. The Labute approximate surface area is 134 Å². The highest BCUT2D eigenvalue weighted by atomic mass is 16.5. The van der Waals surface area contributed by atoms with Gasteiger partial charge in [0.15, 0.2) is 0 Å². The lowest BCUT2D eigenvalue weighted by Crippen LogP contribution is -2.48. The van der Waals surface area contributed by atoms with Gasteiger partial charge in [0.2, 0.25) is 0 Å². The first-order valence-corrected chi connectivity index (χ1v) is 8.82. The molecule has 0 spiro atoms. The zero-order valence-corrected chi connectivity index (χ0v) is 14.1. The molecule has 3 atom stereocenters. The molecule has 1 aromatic rings. The second-order valence-corrected chi connectivity index (χ2v) is 7.07. The lowest BCUT2D eigenvalue weighted by molar-refractivity contribution is -0.0291. The predicted molar refractivity (Wildman–Crippen MR) is 89.4 cm³/mol. The average Bonchev–Trinajstić information content (AvgIpc) is 2.54. The number of aliphatic hydroxyl groups is 1. The van der Waals surface area contributed by atoms with Gasteiger partial charge in [-0.2, -0.15) is 0 Å². The fourth-order valence-corrected chi connectivity index (χ4v) is 3.99. The van der Waals surface area contributed by atoms with Gasteiger partial charge in [0.05, 0.1) is 6.04 Å². The topological polar surface area (TPSA) is 32.7 Å². The van der Waals surface area contributed by atoms with Crippen LogP contribution in [0, 0.1) is 0 Å². The second kappa shape index (κ2) is 6.59. The zero-order valence-electron chi connectivity index (χ0n) is 14.1. The summed E-state index contributed by atoms with van der Waals surface area (Å²) in [6, 6.07) is 7.18. The summed E-state index contributed by atoms with van der Waals surface area (Å²) in [4.78, 5) is 2.54. The predicted octanol–water partition coefficient (Wildman–Crippen LogP) is 3.87. The van der Waals surface area contributed by atoms with Crippen molar-refractivity contribution in [3.63, 3.8) is 0 Å². The highest BCUT2D eigenvalue weighted by molar-refractivity contribution is 5.42. The van der Waals surface area contributed by atoms with E-state index in [2.05, 4.69) is 43.9 Å². The molecule has 0 saturated carbocycles. The van der Waals surface area contributed by atoms with E-state index in [1.807, 2.05) is 0 Å². The average molecular weight is 303 g/mol. The summed E-state index contributed by atoms with van der Waals surface area (Å²) >= 11 is 0. The summed E-state index contributed by atoms with van der Waals surface area (Å²) in [5, 5.41) is 10.6. The number of likely N-dealkylation sites (tertiary alicyclic amines) is 1. The van der Waals surface area contributed by atoms with Crippen molar-refractivity contribution in [1.29, 1.82) is 0 Å². The van der Waals surface area contributed by atoms with E-state index in [9.17, 15) is 5.11 Å². The lowest BCUT2D eigenvalue weighted by atomic mass is 9.88. The molecule has 1 N–H and O–H groups in total. The van der Waals surface area contributed by atoms with Gasteiger partial charge in [-0.3, -0.25) is 4.90 Å². The summed E-state index contributed by atoms with van der Waals surface area (Å²) in [7, 11) is 0. The van der Waals surface area contributed by atoms with Gasteiger partial charge < -0.3 is 9.84 Å². The van der Waals surface area contributed by atoms with Crippen LogP contribution < -0.4 is 4.74 Å². The smallest absolute Gasteiger partial charge is 0.124 e. The molecule has 1 aromatic carbocycles. The van der Waals surface area contributed by atoms with E-state index in [1.54, 1.807) is 0 Å². The molecule has 0 aromatic heterocycles. The molecule has 3 heteroatoms. The molecule has 3 rings (SSSR count). The number of aliphatic hydroxyl groups excluding tert-OH is 1. The van der Waals surface area contributed by atoms with Crippen molar-refractivity contribution in [2.75, 3.05) is 13.2 Å². The van der Waals surface area contributed by atoms with Gasteiger partial charge in [-0.1, -0.05) is 39.3 Å². The minimum Gasteiger partial charge on any atom is -0.490 e. The van der Waals surface area contributed by atoms with E-state index in [-0.39, 0.29) is 6.04 Å². The molecule has 0 amide bonds. The van der Waals surface area contributed by atoms with Crippen molar-refractivity contribution in [2.24, 2.45) is 0 Å². The molecular weight excluding hydrogens is 274 g/mol. The van der Waals surface area contributed by atoms with Crippen LogP contribution >= 0.6 is 0 Å². The quantitative estimate of drug-likeness (QED) is 0.920. The third-order valence-electron chi connectivity index (χ3n) is 5.29. The van der Waals surface area contributed by atoms with Crippen molar-refractivity contribution in [1.82, 2.24) is 4.90 Å². The molecule has 0 bridgehead atoms. The molecule has 0 radical (unpaired) electrons. The minimum absolute atomic E-state index is 0.0905. The maximum Gasteiger partial charge on any atom is 0.124 e. The van der Waals surface area contributed by atoms with Gasteiger partial charge in [-0.15, -0.1) is 0 Å². The first kappa shape index (κ1) is 15.8. The van der Waals surface area contributed by atoms with Crippen LogP contribution in [0.5, 0.6) is 5.75 Å². The van der Waals surface area contributed by atoms with Crippen molar-refractivity contribution in [3.05, 3.63) is 29.3 Å². The second-order valence-electron chi connectivity index (χ2n) is 7.07. The molecule has 1 saturated heterocycles. The Bertz CT molecular complexity index is 514. The minimum atomic E-state index is -0.429. The van der Waals surface area contributed by atoms with Crippen LogP contribution in [0.15, 0.2) is 18.2 Å². The number of benzene rings is 1. The number of piperidine rings is 1. The summed E-state index contributed by atoms with van der Waals surface area (Å²) in [6.45, 7) is 8.19. The van der Waals surface area contributed by atoms with Gasteiger partial charge in [0.1, 0.15) is 18.5 Å². The highest BCUT2D eigenvalue weighted by Gasteiger charge is 2.38. The van der Waals surface area contributed by atoms with Crippen LogP contribution in [0.2, 0.25) is 0 Å². The fraction of sp³-hybridized carbons (Fsp3) is 0.684. The summed E-state index contributed by atoms with van der Waals surface area (Å²) in [5.41, 5.74) is 2.51. The number of rotatable bonds is 3. The van der Waals surface area contributed by atoms with Gasteiger partial charge in [0, 0.05) is 11.6 Å². The monoisotopic (exact) mass is 303 g/mol. The number of nitrogens with zero attached hydrogens (tertiary/aromatic N) is 1. The van der Waals surface area contributed by atoms with E-state index in [1.165, 1.54) is 30.4 Å². The van der Waals surface area contributed by atoms with Gasteiger partial charge in [-0.05, 0) is 43.4 Å². The van der Waals surface area contributed by atoms with Crippen LogP contribution in [0.25, 0.3) is 0 Å². The first-order chi connectivity index (χ1) is 10.6. The SMILES string of the molecule is CCC1CCCCN1C1c2cc(C(C)C)ccc2OCC1O. The summed E-state index contributed by atoms with van der Waals surface area (Å²) in [5.74, 6) is 1.45. The number of ether oxygens (including phenoxy) is 1. The van der Waals surface area contributed by atoms with E-state index in [4.69, 9.17) is 4.74 Å². The molecule has 2 aliphatic rings. The van der Waals surface area contributed by atoms with Crippen LogP contribution in [0.3, 0.4) is 0 Å². The third kappa shape index (κ3) is 2.89. The van der Waals surface area contributed by atoms with Crippen molar-refractivity contribution >= 4 is 0 Å². The van der Waals surface area contributed by atoms with Crippen LogP contribution in [0.4, 0.5) is 0 Å². The van der Waals surface area contributed by atoms with E-state index in [0.29, 0.717) is 18.6 Å². The van der Waals surface area contributed by atoms with Crippen LogP contribution in [-0.2, 0) is 0 Å². The molecule has 2 heterocycles. The zero-order chi connectivity index (χ0) is 15.7. The summed E-state index contributed by atoms with van der Waals surface area (Å²) in [6.07, 6.45) is 4.53. The van der Waals surface area contributed by atoms with Gasteiger partial charge in [0.25, 0.3) is 0 Å². The van der Waals surface area contributed by atoms with Crippen molar-refractivity contribution in [2.45, 2.75) is 70.6 Å². The number of fused-ring (bicyclic) bond motifs is 1. The Morgan fingerprint density at radius 1 is 1.32 bits per heavy atom. The van der Waals surface area contributed by atoms with Gasteiger partial charge in [-0.25, -0.2) is 0 Å². The van der Waals surface area contributed by atoms with E-state index in [0.717, 1.165) is 18.7 Å². The Morgan fingerprint density at radius 2 is 2.14 bits per heavy atom. The lowest BCUT2D eigenvalue weighted by Gasteiger charge is -2.45. The fourth-order valence-electron chi connectivity index (χ4n) is 3.99. The van der Waals surface area contributed by atoms with Gasteiger partial charge >= 0.3 is 0 Å². The number of hydrogen-bond donors (Lipinski definition) is 1. The molecule has 1 fully saturated rings. The molecule has 122 valence electrons. The molecular formula is C19H29NO2. The number of hydrogen-bond acceptors (Lipinski definition) is 3. The first-order valence-electron chi connectivity index (χ1n) is 8.82. The van der Waals surface area contributed by atoms with E-state index < -0.39 is 6.10 Å². The largest absolute Gasteiger partial charge is 0.490 e. The Kier molecular flexibility index (Phi) is 4.74. The highest BCUT2D eigenvalue weighted by Crippen LogP contribution is 2.40. The van der Waals surface area contributed by atoms with Crippen molar-refractivity contribution in [3.8, 4) is 5.75 Å². The van der Waals surface area contributed by atoms with Crippen molar-refractivity contribution < 1.29 is 9.84 Å². The standard InChI is InChI=1S/C19H29NO2/c1-4-15-7-5-6-10-20(15)19-16-11-14(13(2)3)8-9-18(16)22-12-17(19)21/h8-9,11,13,15,17,19,21H,4-7,10,12H2,1-3H3. The Morgan fingerprint density at radius 3 is 2.86 bits per heavy atom. The molecule has 3 unspecified atom stereocenters. The normalized spacial score (nSPS) is 29.2. The maximum atomic E-state index is 10.6. The Balaban J connectivity index is 1.98. The molecule has 22 heavy (non-hydrogen) atoms. The molecule has 2 aliphatic heterocycles. The Hall–Kier alpha value is -1.06. The van der Waals surface area contributed by atoms with Crippen LogP contribution in [-0.4, -0.2) is 35.3 Å².